The summed E-state index contributed by atoms with van der Waals surface area (Å²) < 4.78 is 5.77. The van der Waals surface area contributed by atoms with Gasteiger partial charge in [-0.25, -0.2) is 0 Å². The Hall–Kier alpha value is -3.14. The average molecular weight is 389 g/mol. The molecule has 0 aliphatic carbocycles. The molecule has 4 heteroatoms. The normalized spacial score (nSPS) is 11.7. The van der Waals surface area contributed by atoms with Gasteiger partial charge in [0.15, 0.2) is 5.78 Å². The first-order valence-electron chi connectivity index (χ1n) is 10.2. The molecule has 0 amide bonds. The molecule has 3 aromatic rings. The Morgan fingerprint density at radius 3 is 2.59 bits per heavy atom. The number of Topliss-reactive ketones (excluding diaryl/α,β-unsaturated/α-hetero) is 1. The number of aromatic nitrogens is 1. The molecule has 0 spiro atoms. The van der Waals surface area contributed by atoms with E-state index in [0.29, 0.717) is 18.9 Å². The third-order valence-corrected chi connectivity index (χ3v) is 4.76. The third kappa shape index (κ3) is 6.46. The number of carbonyl (C=O) groups is 1. The highest BCUT2D eigenvalue weighted by molar-refractivity contribution is 5.97. The maximum absolute atomic E-state index is 12.5. The van der Waals surface area contributed by atoms with Crippen molar-refractivity contribution in [3.63, 3.8) is 0 Å². The van der Waals surface area contributed by atoms with Crippen LogP contribution in [0.5, 0.6) is 5.75 Å². The van der Waals surface area contributed by atoms with Crippen molar-refractivity contribution in [2.24, 2.45) is 5.92 Å². The van der Waals surface area contributed by atoms with Gasteiger partial charge in [0.2, 0.25) is 0 Å². The summed E-state index contributed by atoms with van der Waals surface area (Å²) in [5.74, 6) is 1.41. The predicted octanol–water partition coefficient (Wildman–Crippen LogP) is 6.41. The molecule has 1 N–H and O–H groups in total. The zero-order chi connectivity index (χ0) is 20.5. The monoisotopic (exact) mass is 388 g/mol. The Labute approximate surface area is 173 Å². The maximum atomic E-state index is 12.5. The van der Waals surface area contributed by atoms with Gasteiger partial charge in [-0.05, 0) is 54.4 Å². The van der Waals surface area contributed by atoms with Gasteiger partial charge in [-0.1, -0.05) is 44.9 Å². The second-order valence-electron chi connectivity index (χ2n) is 7.36. The molecule has 1 atom stereocenters. The molecule has 2 aromatic carbocycles. The molecule has 0 fully saturated rings. The average Bonchev–Trinajstić information content (AvgIpc) is 2.74. The van der Waals surface area contributed by atoms with E-state index in [-0.39, 0.29) is 5.78 Å². The number of hydrogen-bond donors (Lipinski definition) is 1. The van der Waals surface area contributed by atoms with Crippen molar-refractivity contribution in [1.29, 1.82) is 0 Å². The minimum atomic E-state index is 0.202. The van der Waals surface area contributed by atoms with Crippen molar-refractivity contribution < 1.29 is 9.53 Å². The van der Waals surface area contributed by atoms with E-state index in [1.54, 1.807) is 6.20 Å². The topological polar surface area (TPSA) is 51.2 Å². The lowest BCUT2D eigenvalue weighted by molar-refractivity contribution is 0.0962. The highest BCUT2D eigenvalue weighted by Gasteiger charge is 2.11. The van der Waals surface area contributed by atoms with Crippen LogP contribution >= 0.6 is 0 Å². The number of ether oxygens (including phenoxy) is 1. The molecule has 150 valence electrons. The van der Waals surface area contributed by atoms with E-state index in [1.165, 1.54) is 0 Å². The quantitative estimate of drug-likeness (QED) is 0.408. The summed E-state index contributed by atoms with van der Waals surface area (Å²) in [5.41, 5.74) is 3.50. The lowest BCUT2D eigenvalue weighted by atomic mass is 9.96. The first-order chi connectivity index (χ1) is 14.1. The fourth-order valence-corrected chi connectivity index (χ4v) is 3.24. The molecule has 3 rings (SSSR count). The molecule has 1 heterocycles. The summed E-state index contributed by atoms with van der Waals surface area (Å²) in [6.07, 6.45) is 4.55. The molecule has 0 saturated carbocycles. The van der Waals surface area contributed by atoms with E-state index in [0.717, 1.165) is 41.2 Å². The third-order valence-electron chi connectivity index (χ3n) is 4.76. The van der Waals surface area contributed by atoms with Crippen molar-refractivity contribution in [3.8, 4) is 5.75 Å². The van der Waals surface area contributed by atoms with E-state index in [4.69, 9.17) is 4.74 Å². The number of pyridine rings is 1. The SMILES string of the molecule is CCCC(C)CC(=O)c1cccc(Nc2ccc(OCc3ccccn3)cc2)c1. The Morgan fingerprint density at radius 2 is 1.86 bits per heavy atom. The van der Waals surface area contributed by atoms with Gasteiger partial charge in [0.25, 0.3) is 0 Å². The van der Waals surface area contributed by atoms with Crippen molar-refractivity contribution in [2.45, 2.75) is 39.7 Å². The number of anilines is 2. The summed E-state index contributed by atoms with van der Waals surface area (Å²) in [4.78, 5) is 16.8. The summed E-state index contributed by atoms with van der Waals surface area (Å²) in [5, 5.41) is 3.36. The number of rotatable bonds is 10. The van der Waals surface area contributed by atoms with Gasteiger partial charge < -0.3 is 10.1 Å². The Morgan fingerprint density at radius 1 is 1.03 bits per heavy atom. The van der Waals surface area contributed by atoms with Gasteiger partial charge in [-0.2, -0.15) is 0 Å². The Bertz CT molecular complexity index is 908. The van der Waals surface area contributed by atoms with Gasteiger partial charge in [0.05, 0.1) is 5.69 Å². The van der Waals surface area contributed by atoms with Gasteiger partial charge in [-0.15, -0.1) is 0 Å². The van der Waals surface area contributed by atoms with Gasteiger partial charge >= 0.3 is 0 Å². The van der Waals surface area contributed by atoms with E-state index in [2.05, 4.69) is 24.1 Å². The zero-order valence-electron chi connectivity index (χ0n) is 17.1. The first kappa shape index (κ1) is 20.6. The molecule has 4 nitrogen and oxygen atoms in total. The van der Waals surface area contributed by atoms with E-state index in [9.17, 15) is 4.79 Å². The van der Waals surface area contributed by atoms with E-state index < -0.39 is 0 Å². The molecular weight excluding hydrogens is 360 g/mol. The predicted molar refractivity (Wildman–Crippen MR) is 118 cm³/mol. The highest BCUT2D eigenvalue weighted by Crippen LogP contribution is 2.22. The zero-order valence-corrected chi connectivity index (χ0v) is 17.1. The molecule has 0 saturated heterocycles. The second kappa shape index (κ2) is 10.4. The summed E-state index contributed by atoms with van der Waals surface area (Å²) in [6, 6.07) is 21.2. The van der Waals surface area contributed by atoms with E-state index in [1.807, 2.05) is 66.7 Å². The number of hydrogen-bond acceptors (Lipinski definition) is 4. The van der Waals surface area contributed by atoms with Gasteiger partial charge in [0.1, 0.15) is 12.4 Å². The number of nitrogens with one attached hydrogen (secondary N) is 1. The molecule has 0 aliphatic rings. The summed E-state index contributed by atoms with van der Waals surface area (Å²) in [7, 11) is 0. The number of carbonyl (C=O) groups excluding carboxylic acids is 1. The van der Waals surface area contributed by atoms with Crippen LogP contribution in [-0.2, 0) is 6.61 Å². The smallest absolute Gasteiger partial charge is 0.163 e. The van der Waals surface area contributed by atoms with Crippen LogP contribution in [0.3, 0.4) is 0 Å². The van der Waals surface area contributed by atoms with Crippen LogP contribution in [0.4, 0.5) is 11.4 Å². The molecule has 0 bridgehead atoms. The molecule has 0 radical (unpaired) electrons. The minimum Gasteiger partial charge on any atom is -0.487 e. The standard InChI is InChI=1S/C25H28N2O2/c1-3-7-19(2)16-25(28)20-8-6-10-22(17-20)27-21-11-13-24(14-12-21)29-18-23-9-4-5-15-26-23/h4-6,8-15,17,19,27H,3,7,16,18H2,1-2H3. The van der Waals surface area contributed by atoms with E-state index >= 15 is 0 Å². The molecule has 0 aliphatic heterocycles. The van der Waals surface area contributed by atoms with Crippen LogP contribution in [0.2, 0.25) is 0 Å². The first-order valence-corrected chi connectivity index (χ1v) is 10.2. The van der Waals surface area contributed by atoms with Gasteiger partial charge in [0, 0.05) is 29.6 Å². The fraction of sp³-hybridized carbons (Fsp3) is 0.280. The van der Waals surface area contributed by atoms with Crippen LogP contribution < -0.4 is 10.1 Å². The van der Waals surface area contributed by atoms with Gasteiger partial charge in [-0.3, -0.25) is 9.78 Å². The molecule has 29 heavy (non-hydrogen) atoms. The lowest BCUT2D eigenvalue weighted by Gasteiger charge is -2.11. The van der Waals surface area contributed by atoms with Crippen molar-refractivity contribution in [3.05, 3.63) is 84.2 Å². The number of ketones is 1. The van der Waals surface area contributed by atoms with Crippen molar-refractivity contribution in [2.75, 3.05) is 5.32 Å². The lowest BCUT2D eigenvalue weighted by Crippen LogP contribution is -2.06. The van der Waals surface area contributed by atoms with Crippen LogP contribution in [0.25, 0.3) is 0 Å². The van der Waals surface area contributed by atoms with Crippen LogP contribution in [0.1, 0.15) is 49.2 Å². The van der Waals surface area contributed by atoms with Crippen molar-refractivity contribution in [1.82, 2.24) is 4.98 Å². The molecular formula is C25H28N2O2. The largest absolute Gasteiger partial charge is 0.487 e. The highest BCUT2D eigenvalue weighted by atomic mass is 16.5. The second-order valence-corrected chi connectivity index (χ2v) is 7.36. The van der Waals surface area contributed by atoms with Crippen LogP contribution in [0, 0.1) is 5.92 Å². The maximum Gasteiger partial charge on any atom is 0.163 e. The Kier molecular flexibility index (Phi) is 7.40. The number of benzene rings is 2. The molecule has 1 unspecified atom stereocenters. The van der Waals surface area contributed by atoms with Crippen molar-refractivity contribution >= 4 is 17.2 Å². The van der Waals surface area contributed by atoms with Crippen LogP contribution in [-0.4, -0.2) is 10.8 Å². The Balaban J connectivity index is 1.58. The molecule has 1 aromatic heterocycles. The number of nitrogens with zero attached hydrogens (tertiary/aromatic N) is 1. The van der Waals surface area contributed by atoms with Crippen LogP contribution in [0.15, 0.2) is 72.9 Å². The minimum absolute atomic E-state index is 0.202. The fourth-order valence-electron chi connectivity index (χ4n) is 3.24. The summed E-state index contributed by atoms with van der Waals surface area (Å²) >= 11 is 0. The summed E-state index contributed by atoms with van der Waals surface area (Å²) in [6.45, 7) is 4.73.